The van der Waals surface area contributed by atoms with Crippen LogP contribution in [-0.4, -0.2) is 114 Å². The van der Waals surface area contributed by atoms with Crippen LogP contribution in [0.4, 0.5) is 0 Å². The van der Waals surface area contributed by atoms with Gasteiger partial charge in [0.15, 0.2) is 31.1 Å². The number of rotatable bonds is 15. The summed E-state index contributed by atoms with van der Waals surface area (Å²) in [4.78, 5) is 43.4. The lowest BCUT2D eigenvalue weighted by atomic mass is 9.94. The Morgan fingerprint density at radius 2 is 1.44 bits per heavy atom. The molecule has 1 unspecified atom stereocenters. The molecule has 0 saturated carbocycles. The maximum atomic E-state index is 13.8. The second-order valence-electron chi connectivity index (χ2n) is 15.3. The fraction of sp³-hybridized carbons (Fsp3) is 0.488. The van der Waals surface area contributed by atoms with E-state index < -0.39 is 99.5 Å². The van der Waals surface area contributed by atoms with Crippen molar-refractivity contribution in [2.24, 2.45) is 5.11 Å². The quantitative estimate of drug-likeness (QED) is 0.0302. The highest BCUT2D eigenvalue weighted by molar-refractivity contribution is 6.76. The van der Waals surface area contributed by atoms with Gasteiger partial charge in [-0.05, 0) is 54.9 Å². The monoisotopic (exact) mass is 853 g/mol. The van der Waals surface area contributed by atoms with E-state index >= 15 is 0 Å². The summed E-state index contributed by atoms with van der Waals surface area (Å²) in [6.45, 7) is 8.41. The number of hydrogen-bond donors (Lipinski definition) is 0. The summed E-state index contributed by atoms with van der Waals surface area (Å²) in [5.41, 5.74) is 11.0. The minimum Gasteiger partial charge on any atom is -0.497 e. The number of azide groups is 1. The number of methoxy groups -OCH3 is 1. The highest BCUT2D eigenvalue weighted by Gasteiger charge is 2.56. The third-order valence-electron chi connectivity index (χ3n) is 9.91. The smallest absolute Gasteiger partial charge is 0.338 e. The summed E-state index contributed by atoms with van der Waals surface area (Å²) in [6, 6.07) is 22.9. The minimum absolute atomic E-state index is 0.0788. The van der Waals surface area contributed by atoms with E-state index in [1.807, 2.05) is 0 Å². The molecule has 3 aromatic rings. The first kappa shape index (κ1) is 44.0. The van der Waals surface area contributed by atoms with Crippen LogP contribution in [0.3, 0.4) is 0 Å². The van der Waals surface area contributed by atoms with Crippen LogP contribution in [0.25, 0.3) is 10.4 Å². The van der Waals surface area contributed by atoms with Gasteiger partial charge in [-0.3, -0.25) is 4.79 Å². The molecule has 3 aliphatic rings. The van der Waals surface area contributed by atoms with Crippen molar-refractivity contribution in [2.45, 2.75) is 100 Å². The van der Waals surface area contributed by atoms with Crippen LogP contribution in [0.15, 0.2) is 90.0 Å². The minimum atomic E-state index is -1.62. The molecule has 0 amide bonds. The van der Waals surface area contributed by atoms with Gasteiger partial charge in [-0.15, -0.1) is 11.6 Å². The molecule has 59 heavy (non-hydrogen) atoms. The van der Waals surface area contributed by atoms with E-state index in [1.54, 1.807) is 99.0 Å². The summed E-state index contributed by atoms with van der Waals surface area (Å²) >= 11 is 5.91. The first-order chi connectivity index (χ1) is 28.4. The number of carbonyl (C=O) groups excluding carboxylic acids is 3. The molecule has 3 fully saturated rings. The van der Waals surface area contributed by atoms with E-state index in [4.69, 9.17) is 59.0 Å². The molecule has 6 rings (SSSR count). The largest absolute Gasteiger partial charge is 0.497 e. The fourth-order valence-corrected chi connectivity index (χ4v) is 7.61. The summed E-state index contributed by atoms with van der Waals surface area (Å²) in [5.74, 6) is -2.18. The molecule has 18 heteroatoms. The molecular weight excluding hydrogens is 806 g/mol. The van der Waals surface area contributed by atoms with Gasteiger partial charge in [0, 0.05) is 25.2 Å². The number of hydrogen-bond acceptors (Lipinski definition) is 14. The number of alkyl halides is 1. The average molecular weight is 854 g/mol. The van der Waals surface area contributed by atoms with Gasteiger partial charge in [0.05, 0.1) is 30.9 Å². The maximum Gasteiger partial charge on any atom is 0.338 e. The van der Waals surface area contributed by atoms with E-state index in [9.17, 15) is 19.9 Å². The zero-order valence-electron chi connectivity index (χ0n) is 33.3. The Morgan fingerprint density at radius 1 is 0.814 bits per heavy atom. The predicted octanol–water partition coefficient (Wildman–Crippen LogP) is 6.60. The molecule has 0 bridgehead atoms. The van der Waals surface area contributed by atoms with E-state index in [2.05, 4.69) is 29.7 Å². The number of benzene rings is 3. The Kier molecular flexibility index (Phi) is 15.0. The lowest BCUT2D eigenvalue weighted by Crippen LogP contribution is -2.66. The molecule has 0 spiro atoms. The van der Waals surface area contributed by atoms with Gasteiger partial charge in [-0.2, -0.15) is 0 Å². The van der Waals surface area contributed by atoms with Crippen molar-refractivity contribution < 1.29 is 61.8 Å². The molecule has 3 heterocycles. The average Bonchev–Trinajstić information content (AvgIpc) is 3.24. The molecule has 3 saturated heterocycles. The van der Waals surface area contributed by atoms with Crippen LogP contribution in [-0.2, 0) is 47.4 Å². The Labute approximate surface area is 347 Å². The third kappa shape index (κ3) is 11.2. The highest BCUT2D eigenvalue weighted by Crippen LogP contribution is 2.40. The zero-order chi connectivity index (χ0) is 42.1. The highest BCUT2D eigenvalue weighted by atomic mass is 35.5. The van der Waals surface area contributed by atoms with Crippen LogP contribution in [0.5, 0.6) is 5.75 Å². The summed E-state index contributed by atoms with van der Waals surface area (Å²) in [7, 11) is -0.0704. The van der Waals surface area contributed by atoms with Crippen molar-refractivity contribution in [2.75, 3.05) is 26.2 Å². The van der Waals surface area contributed by atoms with Crippen molar-refractivity contribution in [1.29, 1.82) is 0 Å². The van der Waals surface area contributed by atoms with E-state index in [-0.39, 0.29) is 24.3 Å². The zero-order valence-corrected chi connectivity index (χ0v) is 35.0. The Morgan fingerprint density at radius 3 is 2.02 bits per heavy atom. The van der Waals surface area contributed by atoms with E-state index in [0.717, 1.165) is 6.04 Å². The van der Waals surface area contributed by atoms with Crippen LogP contribution >= 0.6 is 11.6 Å². The normalized spacial score (nSPS) is 29.2. The van der Waals surface area contributed by atoms with Crippen LogP contribution in [0.2, 0.25) is 25.7 Å². The van der Waals surface area contributed by atoms with Gasteiger partial charge >= 0.3 is 17.9 Å². The molecule has 16 nitrogen and oxygen atoms in total. The molecule has 0 radical (unpaired) electrons. The molecule has 0 N–H and O–H groups in total. The first-order valence-electron chi connectivity index (χ1n) is 19.2. The van der Waals surface area contributed by atoms with Gasteiger partial charge in [0.25, 0.3) is 0 Å². The van der Waals surface area contributed by atoms with Gasteiger partial charge in [0.1, 0.15) is 42.1 Å². The Hall–Kier alpha value is -4.55. The van der Waals surface area contributed by atoms with Gasteiger partial charge < -0.3 is 47.4 Å². The number of nitrogens with zero attached hydrogens (tertiary/aromatic N) is 3. The number of halogens is 1. The Bertz CT molecular complexity index is 1920. The number of carbonyl (C=O) groups is 3. The maximum absolute atomic E-state index is 13.8. The summed E-state index contributed by atoms with van der Waals surface area (Å²) < 4.78 is 61.7. The van der Waals surface area contributed by atoms with Gasteiger partial charge in [0.2, 0.25) is 0 Å². The molecule has 11 atom stereocenters. The van der Waals surface area contributed by atoms with E-state index in [0.29, 0.717) is 11.3 Å². The fourth-order valence-electron chi connectivity index (χ4n) is 6.82. The predicted molar refractivity (Wildman–Crippen MR) is 213 cm³/mol. The van der Waals surface area contributed by atoms with Gasteiger partial charge in [-0.1, -0.05) is 73.3 Å². The summed E-state index contributed by atoms with van der Waals surface area (Å²) in [5, 5.41) is 3.99. The molecular formula is C41H48ClN3O13Si. The lowest BCUT2D eigenvalue weighted by molar-refractivity contribution is -0.367. The van der Waals surface area contributed by atoms with Crippen molar-refractivity contribution in [3.8, 4) is 5.75 Å². The molecule has 3 aliphatic heterocycles. The second kappa shape index (κ2) is 20.1. The standard InChI is InChI=1S/C41H48ClN3O13Si/c1-24-32(55-37(47)25-12-8-6-9-13-25)35(36(41(52-24)50-20-21-59(3,4)5)56-38(48)26-14-10-7-11-15-26)58-40-31(44-45-43)34(54-30(46)22-42)33-29(53-40)23-51-39(57-33)27-16-18-28(49-2)19-17-27/h6-19,24,29,31-36,39-41H,20-23H2,1-5H3/t24-,29+,31+,32-,33+,34+,35+,36+,39?,40+,41+/m0/s1. The second-order valence-corrected chi connectivity index (χ2v) is 21.2. The first-order valence-corrected chi connectivity index (χ1v) is 23.4. The van der Waals surface area contributed by atoms with Crippen molar-refractivity contribution in [3.05, 3.63) is 112 Å². The van der Waals surface area contributed by atoms with Crippen LogP contribution < -0.4 is 4.74 Å². The number of ether oxygens (including phenoxy) is 10. The van der Waals surface area contributed by atoms with Gasteiger partial charge in [-0.25, -0.2) is 9.59 Å². The van der Waals surface area contributed by atoms with Crippen LogP contribution in [0, 0.1) is 0 Å². The molecule has 0 aromatic heterocycles. The van der Waals surface area contributed by atoms with Crippen molar-refractivity contribution in [3.63, 3.8) is 0 Å². The number of esters is 3. The SMILES string of the molecule is COc1ccc(C2OC[C@H]3O[C@H](O[C@@H]4[C@@H](OC(=O)c5ccccc5)[C@H](C)O[C@@H](OCC[Si](C)(C)C)[C@@H]4OC(=O)c4ccccc4)[C@H](N=[N+]=[N-])[C@@H](OC(=O)CCl)[C@@H]3O2)cc1. The number of fused-ring (bicyclic) bond motifs is 1. The molecule has 316 valence electrons. The molecule has 0 aliphatic carbocycles. The topological polar surface area (TPSA) is 192 Å². The van der Waals surface area contributed by atoms with Crippen LogP contribution in [0.1, 0.15) is 39.5 Å². The van der Waals surface area contributed by atoms with Crippen molar-refractivity contribution in [1.82, 2.24) is 0 Å². The van der Waals surface area contributed by atoms with Crippen molar-refractivity contribution >= 4 is 37.6 Å². The van der Waals surface area contributed by atoms with E-state index in [1.165, 1.54) is 0 Å². The lowest BCUT2D eigenvalue weighted by Gasteiger charge is -2.50. The summed E-state index contributed by atoms with van der Waals surface area (Å²) in [6.07, 6.45) is -11.9. The third-order valence-corrected chi connectivity index (χ3v) is 11.8. The molecule has 3 aromatic carbocycles. The Balaban J connectivity index is 1.38.